The van der Waals surface area contributed by atoms with E-state index in [-0.39, 0.29) is 12.0 Å². The fourth-order valence-corrected chi connectivity index (χ4v) is 2.15. The Morgan fingerprint density at radius 3 is 2.83 bits per heavy atom. The Labute approximate surface area is 121 Å². The molecule has 0 heterocycles. The van der Waals surface area contributed by atoms with Gasteiger partial charge in [0.05, 0.1) is 11.7 Å². The van der Waals surface area contributed by atoms with Crippen LogP contribution < -0.4 is 10.1 Å². The number of hydrogen-bond donors (Lipinski definition) is 1. The Balaban J connectivity index is 2.10. The highest BCUT2D eigenvalue weighted by molar-refractivity contribution is 14.1. The highest BCUT2D eigenvalue weighted by Crippen LogP contribution is 2.28. The summed E-state index contributed by atoms with van der Waals surface area (Å²) in [5, 5.41) is 2.97. The largest absolute Gasteiger partial charge is 0.490 e. The molecule has 0 radical (unpaired) electrons. The predicted octanol–water partition coefficient (Wildman–Crippen LogP) is 3.22. The molecule has 1 aliphatic carbocycles. The maximum atomic E-state index is 12.1. The zero-order valence-electron chi connectivity index (χ0n) is 10.7. The van der Waals surface area contributed by atoms with Crippen LogP contribution in [0.1, 0.15) is 37.0 Å². The molecule has 2 rings (SSSR count). The Bertz CT molecular complexity index is 441. The van der Waals surface area contributed by atoms with Crippen molar-refractivity contribution >= 4 is 28.5 Å². The lowest BCUT2D eigenvalue weighted by atomic mass is 10.2. The first kappa shape index (κ1) is 13.6. The lowest BCUT2D eigenvalue weighted by Gasteiger charge is -2.14. The Morgan fingerprint density at radius 2 is 2.22 bits per heavy atom. The highest BCUT2D eigenvalue weighted by Gasteiger charge is 2.22. The summed E-state index contributed by atoms with van der Waals surface area (Å²) >= 11 is 2.22. The second-order valence-corrected chi connectivity index (χ2v) is 6.21. The van der Waals surface area contributed by atoms with Crippen LogP contribution in [0.15, 0.2) is 18.2 Å². The van der Waals surface area contributed by atoms with Crippen molar-refractivity contribution in [2.45, 2.75) is 32.8 Å². The van der Waals surface area contributed by atoms with Crippen LogP contribution in [0.3, 0.4) is 0 Å². The number of carbonyl (C=O) groups is 1. The Kier molecular flexibility index (Phi) is 4.48. The van der Waals surface area contributed by atoms with E-state index in [1.54, 1.807) is 0 Å². The summed E-state index contributed by atoms with van der Waals surface area (Å²) in [7, 11) is 0. The number of hydrogen-bond acceptors (Lipinski definition) is 2. The smallest absolute Gasteiger partial charge is 0.255 e. The molecule has 1 fully saturated rings. The van der Waals surface area contributed by atoms with Crippen LogP contribution in [0.2, 0.25) is 0 Å². The molecular weight excluding hydrogens is 341 g/mol. The first-order chi connectivity index (χ1) is 8.56. The summed E-state index contributed by atoms with van der Waals surface area (Å²) in [5.74, 6) is 1.33. The fraction of sp³-hybridized carbons (Fsp3) is 0.500. The Hall–Kier alpha value is -0.780. The summed E-state index contributed by atoms with van der Waals surface area (Å²) in [4.78, 5) is 12.1. The average Bonchev–Trinajstić information content (AvgIpc) is 3.09. The van der Waals surface area contributed by atoms with Gasteiger partial charge in [0.1, 0.15) is 5.75 Å². The van der Waals surface area contributed by atoms with Gasteiger partial charge in [-0.3, -0.25) is 4.79 Å². The molecule has 98 valence electrons. The molecule has 1 aromatic rings. The molecule has 0 bridgehead atoms. The van der Waals surface area contributed by atoms with E-state index in [0.29, 0.717) is 17.2 Å². The molecule has 3 nitrogen and oxygen atoms in total. The van der Waals surface area contributed by atoms with Crippen molar-refractivity contribution in [2.24, 2.45) is 5.92 Å². The van der Waals surface area contributed by atoms with Gasteiger partial charge in [0, 0.05) is 10.1 Å². The second-order valence-electron chi connectivity index (χ2n) is 4.96. The quantitative estimate of drug-likeness (QED) is 0.820. The van der Waals surface area contributed by atoms with E-state index in [1.807, 2.05) is 32.0 Å². The molecule has 1 aromatic carbocycles. The molecule has 1 saturated carbocycles. The van der Waals surface area contributed by atoms with Gasteiger partial charge in [-0.2, -0.15) is 0 Å². The van der Waals surface area contributed by atoms with Crippen molar-refractivity contribution in [1.82, 2.24) is 5.32 Å². The minimum Gasteiger partial charge on any atom is -0.490 e. The minimum atomic E-state index is -0.0334. The number of carbonyl (C=O) groups excluding carboxylic acids is 1. The van der Waals surface area contributed by atoms with E-state index in [1.165, 1.54) is 12.8 Å². The van der Waals surface area contributed by atoms with E-state index in [9.17, 15) is 4.79 Å². The summed E-state index contributed by atoms with van der Waals surface area (Å²) in [6.45, 7) is 4.71. The third-order valence-electron chi connectivity index (χ3n) is 2.80. The topological polar surface area (TPSA) is 38.3 Å². The molecule has 0 aliphatic heterocycles. The van der Waals surface area contributed by atoms with Gasteiger partial charge in [-0.1, -0.05) is 0 Å². The summed E-state index contributed by atoms with van der Waals surface area (Å²) in [6.07, 6.45) is 2.54. The van der Waals surface area contributed by atoms with Gasteiger partial charge in [-0.25, -0.2) is 0 Å². The maximum Gasteiger partial charge on any atom is 0.255 e. The van der Waals surface area contributed by atoms with Crippen molar-refractivity contribution in [2.75, 3.05) is 6.54 Å². The summed E-state index contributed by atoms with van der Waals surface area (Å²) in [6, 6.07) is 5.67. The third kappa shape index (κ3) is 3.86. The van der Waals surface area contributed by atoms with E-state index in [0.717, 1.165) is 10.1 Å². The maximum absolute atomic E-state index is 12.1. The van der Waals surface area contributed by atoms with Crippen LogP contribution in [0.4, 0.5) is 0 Å². The van der Waals surface area contributed by atoms with Crippen molar-refractivity contribution in [1.29, 1.82) is 0 Å². The molecule has 0 unspecified atom stereocenters. The van der Waals surface area contributed by atoms with Crippen LogP contribution in [0.25, 0.3) is 0 Å². The highest BCUT2D eigenvalue weighted by atomic mass is 127. The van der Waals surface area contributed by atoms with Gasteiger partial charge in [0.2, 0.25) is 0 Å². The van der Waals surface area contributed by atoms with Crippen molar-refractivity contribution in [3.05, 3.63) is 27.3 Å². The first-order valence-corrected chi connectivity index (χ1v) is 7.38. The molecule has 1 aliphatic rings. The Morgan fingerprint density at radius 1 is 1.50 bits per heavy atom. The van der Waals surface area contributed by atoms with Crippen molar-refractivity contribution in [3.63, 3.8) is 0 Å². The molecule has 0 saturated heterocycles. The fourth-order valence-electron chi connectivity index (χ4n) is 1.69. The number of halogens is 1. The van der Waals surface area contributed by atoms with Gasteiger partial charge < -0.3 is 10.1 Å². The van der Waals surface area contributed by atoms with Crippen molar-refractivity contribution < 1.29 is 9.53 Å². The standard InChI is InChI=1S/C14H18INO2/c1-9(2)18-13-7-11(15)5-6-12(13)14(17)16-8-10-3-4-10/h5-7,9-10H,3-4,8H2,1-2H3,(H,16,17). The molecule has 1 amide bonds. The van der Waals surface area contributed by atoms with E-state index < -0.39 is 0 Å². The number of rotatable bonds is 5. The number of benzene rings is 1. The minimum absolute atomic E-state index is 0.0334. The molecule has 18 heavy (non-hydrogen) atoms. The van der Waals surface area contributed by atoms with Gasteiger partial charge in [0.15, 0.2) is 0 Å². The third-order valence-corrected chi connectivity index (χ3v) is 3.47. The van der Waals surface area contributed by atoms with Crippen LogP contribution >= 0.6 is 22.6 Å². The monoisotopic (exact) mass is 359 g/mol. The van der Waals surface area contributed by atoms with Gasteiger partial charge in [0.25, 0.3) is 5.91 Å². The van der Waals surface area contributed by atoms with Crippen LogP contribution in [-0.4, -0.2) is 18.6 Å². The lowest BCUT2D eigenvalue weighted by molar-refractivity contribution is 0.0946. The molecular formula is C14H18INO2. The van der Waals surface area contributed by atoms with E-state index in [4.69, 9.17) is 4.74 Å². The van der Waals surface area contributed by atoms with Crippen LogP contribution in [0, 0.1) is 9.49 Å². The molecule has 4 heteroatoms. The lowest BCUT2D eigenvalue weighted by Crippen LogP contribution is -2.26. The number of ether oxygens (including phenoxy) is 1. The van der Waals surface area contributed by atoms with E-state index in [2.05, 4.69) is 27.9 Å². The van der Waals surface area contributed by atoms with Gasteiger partial charge in [-0.15, -0.1) is 0 Å². The zero-order chi connectivity index (χ0) is 13.1. The van der Waals surface area contributed by atoms with Crippen LogP contribution in [-0.2, 0) is 0 Å². The zero-order valence-corrected chi connectivity index (χ0v) is 12.9. The second kappa shape index (κ2) is 5.91. The van der Waals surface area contributed by atoms with Gasteiger partial charge >= 0.3 is 0 Å². The van der Waals surface area contributed by atoms with Crippen LogP contribution in [0.5, 0.6) is 5.75 Å². The molecule has 0 spiro atoms. The van der Waals surface area contributed by atoms with E-state index >= 15 is 0 Å². The SMILES string of the molecule is CC(C)Oc1cc(I)ccc1C(=O)NCC1CC1. The number of nitrogens with one attached hydrogen (secondary N) is 1. The summed E-state index contributed by atoms with van der Waals surface area (Å²) in [5.41, 5.74) is 0.629. The van der Waals surface area contributed by atoms with Crippen molar-refractivity contribution in [3.8, 4) is 5.75 Å². The molecule has 0 aromatic heterocycles. The average molecular weight is 359 g/mol. The normalized spacial score (nSPS) is 14.7. The molecule has 1 N–H and O–H groups in total. The van der Waals surface area contributed by atoms with Gasteiger partial charge in [-0.05, 0) is 73.4 Å². The predicted molar refractivity (Wildman–Crippen MR) is 80.0 cm³/mol. The molecule has 0 atom stereocenters. The number of amides is 1. The first-order valence-electron chi connectivity index (χ1n) is 6.30. The summed E-state index contributed by atoms with van der Waals surface area (Å²) < 4.78 is 6.78.